The van der Waals surface area contributed by atoms with Crippen LogP contribution in [-0.2, 0) is 20.9 Å². The second-order valence-electron chi connectivity index (χ2n) is 7.67. The second-order valence-corrected chi connectivity index (χ2v) is 7.67. The van der Waals surface area contributed by atoms with Gasteiger partial charge in [-0.3, -0.25) is 0 Å². The Bertz CT molecular complexity index is 800. The molecular formula is C22H29NO5. The lowest BCUT2D eigenvalue weighted by Gasteiger charge is -2.29. The molecule has 0 radical (unpaired) electrons. The molecule has 0 bridgehead atoms. The normalized spacial score (nSPS) is 20.8. The molecule has 1 N–H and O–H groups in total. The third-order valence-corrected chi connectivity index (χ3v) is 5.28. The maximum absolute atomic E-state index is 10.9. The average Bonchev–Trinajstić information content (AvgIpc) is 3.05. The fourth-order valence-corrected chi connectivity index (χ4v) is 3.56. The molecule has 0 amide bonds. The number of hydrogen-bond acceptors (Lipinski definition) is 5. The highest BCUT2D eigenvalue weighted by atomic mass is 16.5. The Morgan fingerprint density at radius 3 is 2.93 bits per heavy atom. The number of hydrogen-bond donors (Lipinski definition) is 1. The maximum Gasteiger partial charge on any atom is 0.332 e. The van der Waals surface area contributed by atoms with Crippen LogP contribution in [0.25, 0.3) is 11.5 Å². The summed E-state index contributed by atoms with van der Waals surface area (Å²) in [6.45, 7) is 6.41. The van der Waals surface area contributed by atoms with Gasteiger partial charge in [-0.1, -0.05) is 24.1 Å². The molecule has 1 aromatic carbocycles. The zero-order chi connectivity index (χ0) is 20.1. The summed E-state index contributed by atoms with van der Waals surface area (Å²) in [6, 6.07) is 8.09. The van der Waals surface area contributed by atoms with Crippen LogP contribution < -0.4 is 0 Å². The maximum atomic E-state index is 10.9. The van der Waals surface area contributed by atoms with Crippen molar-refractivity contribution in [1.29, 1.82) is 0 Å². The van der Waals surface area contributed by atoms with Gasteiger partial charge in [-0.05, 0) is 58.1 Å². The summed E-state index contributed by atoms with van der Waals surface area (Å²) in [4.78, 5) is 15.5. The summed E-state index contributed by atoms with van der Waals surface area (Å²) in [5.74, 6) is 0.816. The standard InChI is InChI=1S/C22H29NO5/c1-14-6-4-8-18(10-14)21-23-20(15(2)28-21)13-27-19-9-5-7-17(11-19)12-26-16(3)22(24)25/h4,6,8,10,16-17,19H,5,7,9,11-13H2,1-3H3,(H,24,25)/t16?,17-,19+/m0/s1. The monoisotopic (exact) mass is 387 g/mol. The van der Waals surface area contributed by atoms with Gasteiger partial charge in [0, 0.05) is 5.56 Å². The second kappa shape index (κ2) is 9.34. The van der Waals surface area contributed by atoms with Gasteiger partial charge in [0.05, 0.1) is 19.3 Å². The van der Waals surface area contributed by atoms with Crippen LogP contribution >= 0.6 is 0 Å². The Morgan fingerprint density at radius 1 is 1.36 bits per heavy atom. The Kier molecular flexibility index (Phi) is 6.86. The number of aromatic nitrogens is 1. The molecule has 1 fully saturated rings. The molecule has 1 aliphatic rings. The van der Waals surface area contributed by atoms with Gasteiger partial charge in [0.25, 0.3) is 0 Å². The van der Waals surface area contributed by atoms with Gasteiger partial charge in [-0.15, -0.1) is 0 Å². The Morgan fingerprint density at radius 2 is 2.18 bits per heavy atom. The zero-order valence-electron chi connectivity index (χ0n) is 16.8. The van der Waals surface area contributed by atoms with Crippen molar-refractivity contribution >= 4 is 5.97 Å². The van der Waals surface area contributed by atoms with Gasteiger partial charge >= 0.3 is 5.97 Å². The fraction of sp³-hybridized carbons (Fsp3) is 0.545. The van der Waals surface area contributed by atoms with Crippen LogP contribution in [0, 0.1) is 19.8 Å². The van der Waals surface area contributed by atoms with Crippen molar-refractivity contribution in [3.05, 3.63) is 41.3 Å². The average molecular weight is 387 g/mol. The van der Waals surface area contributed by atoms with Gasteiger partial charge in [-0.2, -0.15) is 0 Å². The third kappa shape index (κ3) is 5.42. The number of rotatable bonds is 8. The van der Waals surface area contributed by atoms with Crippen molar-refractivity contribution in [3.8, 4) is 11.5 Å². The predicted molar refractivity (Wildman–Crippen MR) is 105 cm³/mol. The van der Waals surface area contributed by atoms with Crippen LogP contribution in [0.2, 0.25) is 0 Å². The van der Waals surface area contributed by atoms with E-state index in [4.69, 9.17) is 19.0 Å². The molecule has 1 aliphatic carbocycles. The summed E-state index contributed by atoms with van der Waals surface area (Å²) >= 11 is 0. The predicted octanol–water partition coefficient (Wildman–Crippen LogP) is 4.52. The van der Waals surface area contributed by atoms with Gasteiger partial charge in [-0.25, -0.2) is 9.78 Å². The van der Waals surface area contributed by atoms with E-state index < -0.39 is 12.1 Å². The molecule has 3 rings (SSSR count). The fourth-order valence-electron chi connectivity index (χ4n) is 3.56. The first kappa shape index (κ1) is 20.6. The lowest BCUT2D eigenvalue weighted by atomic mass is 9.87. The van der Waals surface area contributed by atoms with E-state index >= 15 is 0 Å². The molecule has 2 aromatic rings. The minimum Gasteiger partial charge on any atom is -0.479 e. The molecule has 6 heteroatoms. The molecule has 0 spiro atoms. The lowest BCUT2D eigenvalue weighted by Crippen LogP contribution is -2.29. The highest BCUT2D eigenvalue weighted by molar-refractivity contribution is 5.71. The minimum atomic E-state index is -0.922. The van der Waals surface area contributed by atoms with E-state index in [-0.39, 0.29) is 6.10 Å². The molecule has 1 saturated carbocycles. The van der Waals surface area contributed by atoms with E-state index in [1.54, 1.807) is 6.92 Å². The lowest BCUT2D eigenvalue weighted by molar-refractivity contribution is -0.150. The molecule has 1 heterocycles. The van der Waals surface area contributed by atoms with Gasteiger partial charge in [0.2, 0.25) is 5.89 Å². The van der Waals surface area contributed by atoms with Crippen molar-refractivity contribution in [2.45, 2.75) is 65.3 Å². The Hall–Kier alpha value is -2.18. The summed E-state index contributed by atoms with van der Waals surface area (Å²) in [5.41, 5.74) is 2.96. The number of benzene rings is 1. The number of carboxylic acids is 1. The van der Waals surface area contributed by atoms with Crippen molar-refractivity contribution in [1.82, 2.24) is 4.98 Å². The molecule has 152 valence electrons. The first-order valence-electron chi connectivity index (χ1n) is 9.91. The Labute approximate surface area is 165 Å². The molecule has 1 unspecified atom stereocenters. The number of aryl methyl sites for hydroxylation is 2. The quantitative estimate of drug-likeness (QED) is 0.717. The molecule has 28 heavy (non-hydrogen) atoms. The SMILES string of the molecule is Cc1cccc(-c2nc(CO[C@@H]3CCC[C@H](COC(C)C(=O)O)C3)c(C)o2)c1. The minimum absolute atomic E-state index is 0.140. The molecular weight excluding hydrogens is 358 g/mol. The summed E-state index contributed by atoms with van der Waals surface area (Å²) in [5, 5.41) is 8.93. The first-order valence-corrected chi connectivity index (χ1v) is 9.91. The van der Waals surface area contributed by atoms with Crippen LogP contribution in [0.1, 0.15) is 49.6 Å². The summed E-state index contributed by atoms with van der Waals surface area (Å²) in [7, 11) is 0. The summed E-state index contributed by atoms with van der Waals surface area (Å²) in [6.07, 6.45) is 3.37. The third-order valence-electron chi connectivity index (χ3n) is 5.28. The summed E-state index contributed by atoms with van der Waals surface area (Å²) < 4.78 is 17.4. The van der Waals surface area contributed by atoms with Crippen molar-refractivity contribution in [2.75, 3.05) is 6.61 Å². The molecule has 0 aliphatic heterocycles. The topological polar surface area (TPSA) is 81.8 Å². The van der Waals surface area contributed by atoms with E-state index in [9.17, 15) is 4.79 Å². The molecule has 3 atom stereocenters. The number of aliphatic carboxylic acids is 1. The first-order chi connectivity index (χ1) is 13.4. The van der Waals surface area contributed by atoms with E-state index in [0.29, 0.717) is 25.0 Å². The van der Waals surface area contributed by atoms with E-state index in [1.807, 2.05) is 32.0 Å². The van der Waals surface area contributed by atoms with E-state index in [0.717, 1.165) is 42.7 Å². The van der Waals surface area contributed by atoms with Crippen molar-refractivity contribution < 1.29 is 23.8 Å². The van der Waals surface area contributed by atoms with E-state index in [1.165, 1.54) is 5.56 Å². The van der Waals surface area contributed by atoms with E-state index in [2.05, 4.69) is 11.1 Å². The van der Waals surface area contributed by atoms with Gasteiger partial charge in [0.15, 0.2) is 6.10 Å². The van der Waals surface area contributed by atoms with Crippen LogP contribution in [-0.4, -0.2) is 34.9 Å². The Balaban J connectivity index is 1.53. The van der Waals surface area contributed by atoms with Crippen LogP contribution in [0.15, 0.2) is 28.7 Å². The number of ether oxygens (including phenoxy) is 2. The number of carbonyl (C=O) groups is 1. The largest absolute Gasteiger partial charge is 0.479 e. The van der Waals surface area contributed by atoms with Crippen LogP contribution in [0.3, 0.4) is 0 Å². The van der Waals surface area contributed by atoms with Crippen molar-refractivity contribution in [2.24, 2.45) is 5.92 Å². The smallest absolute Gasteiger partial charge is 0.332 e. The van der Waals surface area contributed by atoms with Crippen LogP contribution in [0.5, 0.6) is 0 Å². The molecule has 0 saturated heterocycles. The van der Waals surface area contributed by atoms with Crippen LogP contribution in [0.4, 0.5) is 0 Å². The highest BCUT2D eigenvalue weighted by Crippen LogP contribution is 2.29. The number of nitrogens with zero attached hydrogens (tertiary/aromatic N) is 1. The highest BCUT2D eigenvalue weighted by Gasteiger charge is 2.25. The zero-order valence-corrected chi connectivity index (χ0v) is 16.8. The number of carboxylic acid groups (broad SMARTS) is 1. The van der Waals surface area contributed by atoms with Gasteiger partial charge < -0.3 is 19.0 Å². The van der Waals surface area contributed by atoms with Gasteiger partial charge in [0.1, 0.15) is 11.5 Å². The van der Waals surface area contributed by atoms with Crippen molar-refractivity contribution in [3.63, 3.8) is 0 Å². The number of oxazole rings is 1. The molecule has 6 nitrogen and oxygen atoms in total. The molecule has 1 aromatic heterocycles.